The van der Waals surface area contributed by atoms with Gasteiger partial charge >= 0.3 is 0 Å². The van der Waals surface area contributed by atoms with Crippen molar-refractivity contribution in [1.29, 1.82) is 0 Å². The second-order valence-electron chi connectivity index (χ2n) is 5.71. The van der Waals surface area contributed by atoms with Gasteiger partial charge in [-0.3, -0.25) is 9.78 Å². The van der Waals surface area contributed by atoms with E-state index in [1.54, 1.807) is 17.1 Å². The van der Waals surface area contributed by atoms with E-state index in [0.29, 0.717) is 5.56 Å². The highest BCUT2D eigenvalue weighted by atomic mass is 16.1. The van der Waals surface area contributed by atoms with Gasteiger partial charge in [-0.25, -0.2) is 9.67 Å². The average molecular weight is 309 g/mol. The first kappa shape index (κ1) is 15.1. The molecule has 2 aromatic heterocycles. The first-order valence-electron chi connectivity index (χ1n) is 7.57. The molecule has 1 N–H and O–H groups in total. The molecule has 0 spiro atoms. The second-order valence-corrected chi connectivity index (χ2v) is 5.71. The van der Waals surface area contributed by atoms with E-state index in [1.807, 2.05) is 45.0 Å². The zero-order valence-corrected chi connectivity index (χ0v) is 13.4. The molecule has 3 aromatic rings. The van der Waals surface area contributed by atoms with Crippen molar-refractivity contribution in [1.82, 2.24) is 25.1 Å². The van der Waals surface area contributed by atoms with Crippen molar-refractivity contribution in [2.45, 2.75) is 32.9 Å². The zero-order valence-electron chi connectivity index (χ0n) is 13.4. The van der Waals surface area contributed by atoms with Crippen LogP contribution in [0.4, 0.5) is 0 Å². The summed E-state index contributed by atoms with van der Waals surface area (Å²) in [4.78, 5) is 21.1. The van der Waals surface area contributed by atoms with Crippen molar-refractivity contribution in [2.75, 3.05) is 0 Å². The number of carbonyl (C=O) groups is 1. The van der Waals surface area contributed by atoms with Crippen LogP contribution in [0.3, 0.4) is 0 Å². The minimum absolute atomic E-state index is 0.00567. The van der Waals surface area contributed by atoms with Crippen molar-refractivity contribution in [3.05, 3.63) is 54.2 Å². The normalized spacial score (nSPS) is 13.7. The van der Waals surface area contributed by atoms with Crippen molar-refractivity contribution in [3.63, 3.8) is 0 Å². The smallest absolute Gasteiger partial charge is 0.253 e. The molecule has 0 aliphatic carbocycles. The number of para-hydroxylation sites is 1. The van der Waals surface area contributed by atoms with Crippen LogP contribution in [0, 0.1) is 6.92 Å². The number of carbonyl (C=O) groups excluding carboxylic acids is 1. The van der Waals surface area contributed by atoms with Gasteiger partial charge in [-0.05, 0) is 32.9 Å². The Balaban J connectivity index is 1.85. The predicted octanol–water partition coefficient (Wildman–Crippen LogP) is 2.51. The molecule has 0 saturated heterocycles. The Morgan fingerprint density at radius 3 is 2.78 bits per heavy atom. The maximum Gasteiger partial charge on any atom is 0.253 e. The van der Waals surface area contributed by atoms with Crippen LogP contribution in [0.2, 0.25) is 0 Å². The number of pyridine rings is 1. The highest BCUT2D eigenvalue weighted by Gasteiger charge is 2.19. The van der Waals surface area contributed by atoms with E-state index in [2.05, 4.69) is 20.4 Å². The molecule has 2 unspecified atom stereocenters. The Bertz CT molecular complexity index is 828. The lowest BCUT2D eigenvalue weighted by molar-refractivity contribution is 0.0930. The Morgan fingerprint density at radius 2 is 2.04 bits per heavy atom. The van der Waals surface area contributed by atoms with E-state index in [0.717, 1.165) is 16.6 Å². The van der Waals surface area contributed by atoms with Gasteiger partial charge in [0.25, 0.3) is 5.91 Å². The van der Waals surface area contributed by atoms with Gasteiger partial charge in [0, 0.05) is 17.1 Å². The van der Waals surface area contributed by atoms with Crippen molar-refractivity contribution < 1.29 is 4.79 Å². The number of amides is 1. The van der Waals surface area contributed by atoms with Crippen LogP contribution in [0.1, 0.15) is 35.9 Å². The fourth-order valence-electron chi connectivity index (χ4n) is 2.49. The summed E-state index contributed by atoms with van der Waals surface area (Å²) in [7, 11) is 0. The summed E-state index contributed by atoms with van der Waals surface area (Å²) < 4.78 is 1.73. The van der Waals surface area contributed by atoms with Crippen LogP contribution >= 0.6 is 0 Å². The number of hydrogen-bond acceptors (Lipinski definition) is 4. The van der Waals surface area contributed by atoms with E-state index >= 15 is 0 Å². The summed E-state index contributed by atoms with van der Waals surface area (Å²) in [6.45, 7) is 5.86. The largest absolute Gasteiger partial charge is 0.347 e. The van der Waals surface area contributed by atoms with E-state index in [1.165, 1.54) is 6.33 Å². The van der Waals surface area contributed by atoms with Crippen LogP contribution in [0.15, 0.2) is 43.0 Å². The first-order valence-corrected chi connectivity index (χ1v) is 7.57. The predicted molar refractivity (Wildman–Crippen MR) is 88.1 cm³/mol. The van der Waals surface area contributed by atoms with Gasteiger partial charge in [-0.2, -0.15) is 5.10 Å². The minimum atomic E-state index is -0.131. The fraction of sp³-hybridized carbons (Fsp3) is 0.294. The number of nitrogens with zero attached hydrogens (tertiary/aromatic N) is 4. The van der Waals surface area contributed by atoms with E-state index < -0.39 is 0 Å². The number of fused-ring (bicyclic) bond motifs is 1. The van der Waals surface area contributed by atoms with E-state index in [4.69, 9.17) is 0 Å². The Hall–Kier alpha value is -2.76. The summed E-state index contributed by atoms with van der Waals surface area (Å²) in [6, 6.07) is 9.47. The molecule has 0 fully saturated rings. The molecule has 2 heterocycles. The van der Waals surface area contributed by atoms with Gasteiger partial charge in [-0.15, -0.1) is 0 Å². The number of nitrogens with one attached hydrogen (secondary N) is 1. The Kier molecular flexibility index (Phi) is 4.06. The third kappa shape index (κ3) is 3.06. The van der Waals surface area contributed by atoms with Crippen LogP contribution in [0.25, 0.3) is 10.9 Å². The lowest BCUT2D eigenvalue weighted by atomic mass is 10.1. The maximum atomic E-state index is 12.7. The second kappa shape index (κ2) is 6.16. The van der Waals surface area contributed by atoms with Gasteiger partial charge in [0.1, 0.15) is 12.7 Å². The SMILES string of the molecule is Cc1ccc2cccc(C(=O)NC(C)C(C)n3cncn3)c2n1. The summed E-state index contributed by atoms with van der Waals surface area (Å²) in [5.74, 6) is -0.131. The highest BCUT2D eigenvalue weighted by molar-refractivity contribution is 6.05. The topological polar surface area (TPSA) is 72.7 Å². The molecule has 6 heteroatoms. The van der Waals surface area contributed by atoms with E-state index in [9.17, 15) is 4.79 Å². The van der Waals surface area contributed by atoms with E-state index in [-0.39, 0.29) is 18.0 Å². The molecule has 3 rings (SSSR count). The monoisotopic (exact) mass is 309 g/mol. The molecule has 6 nitrogen and oxygen atoms in total. The number of benzene rings is 1. The van der Waals surface area contributed by atoms with Gasteiger partial charge < -0.3 is 5.32 Å². The van der Waals surface area contributed by atoms with Crippen LogP contribution in [0.5, 0.6) is 0 Å². The summed E-state index contributed by atoms with van der Waals surface area (Å²) in [6.07, 6.45) is 3.14. The number of aryl methyl sites for hydroxylation is 1. The number of aromatic nitrogens is 4. The molecule has 2 atom stereocenters. The molecule has 0 aliphatic rings. The molecule has 23 heavy (non-hydrogen) atoms. The molecule has 0 radical (unpaired) electrons. The van der Waals surface area contributed by atoms with Crippen molar-refractivity contribution in [2.24, 2.45) is 0 Å². The summed E-state index contributed by atoms with van der Waals surface area (Å²) >= 11 is 0. The fourth-order valence-corrected chi connectivity index (χ4v) is 2.49. The number of hydrogen-bond donors (Lipinski definition) is 1. The molecule has 0 aliphatic heterocycles. The van der Waals surface area contributed by atoms with Crippen molar-refractivity contribution in [3.8, 4) is 0 Å². The lowest BCUT2D eigenvalue weighted by Crippen LogP contribution is -2.38. The average Bonchev–Trinajstić information content (AvgIpc) is 3.07. The standard InChI is InChI=1S/C17H19N5O/c1-11-7-8-14-5-4-6-15(16(14)20-11)17(23)21-12(2)13(3)22-10-18-9-19-22/h4-10,12-13H,1-3H3,(H,21,23). The highest BCUT2D eigenvalue weighted by Crippen LogP contribution is 2.18. The zero-order chi connectivity index (χ0) is 16.4. The third-order valence-corrected chi connectivity index (χ3v) is 4.04. The van der Waals surface area contributed by atoms with Gasteiger partial charge in [-0.1, -0.05) is 18.2 Å². The molecular weight excluding hydrogens is 290 g/mol. The maximum absolute atomic E-state index is 12.7. The van der Waals surface area contributed by atoms with Crippen LogP contribution in [-0.2, 0) is 0 Å². The van der Waals surface area contributed by atoms with Gasteiger partial charge in [0.2, 0.25) is 0 Å². The van der Waals surface area contributed by atoms with Gasteiger partial charge in [0.05, 0.1) is 17.1 Å². The van der Waals surface area contributed by atoms with Crippen LogP contribution in [-0.4, -0.2) is 31.7 Å². The molecule has 1 aromatic carbocycles. The third-order valence-electron chi connectivity index (χ3n) is 4.04. The summed E-state index contributed by atoms with van der Waals surface area (Å²) in [5, 5.41) is 8.11. The molecule has 0 bridgehead atoms. The van der Waals surface area contributed by atoms with Gasteiger partial charge in [0.15, 0.2) is 0 Å². The molecule has 0 saturated carbocycles. The summed E-state index contributed by atoms with van der Waals surface area (Å²) in [5.41, 5.74) is 2.20. The molecule has 1 amide bonds. The van der Waals surface area contributed by atoms with Crippen LogP contribution < -0.4 is 5.32 Å². The Labute approximate surface area is 134 Å². The lowest BCUT2D eigenvalue weighted by Gasteiger charge is -2.21. The quantitative estimate of drug-likeness (QED) is 0.803. The first-order chi connectivity index (χ1) is 11.1. The van der Waals surface area contributed by atoms with Crippen molar-refractivity contribution >= 4 is 16.8 Å². The molecule has 118 valence electrons. The molecular formula is C17H19N5O. The minimum Gasteiger partial charge on any atom is -0.347 e. The number of rotatable bonds is 4. The Morgan fingerprint density at radius 1 is 1.22 bits per heavy atom.